The lowest BCUT2D eigenvalue weighted by atomic mass is 10.1. The molecule has 0 saturated heterocycles. The van der Waals surface area contributed by atoms with Gasteiger partial charge in [-0.25, -0.2) is 9.67 Å². The predicted octanol–water partition coefficient (Wildman–Crippen LogP) is 1.07. The molecule has 15 heavy (non-hydrogen) atoms. The number of hydrogen-bond donors (Lipinski definition) is 1. The van der Waals surface area contributed by atoms with Crippen molar-refractivity contribution in [1.29, 1.82) is 0 Å². The van der Waals surface area contributed by atoms with Crippen LogP contribution < -0.4 is 5.73 Å². The Kier molecular flexibility index (Phi) is 2.73. The molecule has 5 nitrogen and oxygen atoms in total. The maximum atomic E-state index is 5.87. The summed E-state index contributed by atoms with van der Waals surface area (Å²) >= 11 is 0. The Bertz CT molecular complexity index is 406. The van der Waals surface area contributed by atoms with Crippen molar-refractivity contribution in [1.82, 2.24) is 19.7 Å². The van der Waals surface area contributed by atoms with Gasteiger partial charge in [-0.2, -0.15) is 5.10 Å². The van der Waals surface area contributed by atoms with Gasteiger partial charge in [-0.05, 0) is 18.6 Å². The third kappa shape index (κ3) is 2.02. The summed E-state index contributed by atoms with van der Waals surface area (Å²) in [6.45, 7) is 2.04. The lowest BCUT2D eigenvalue weighted by Gasteiger charge is -2.08. The summed E-state index contributed by atoms with van der Waals surface area (Å²) in [6, 6.07) is 3.87. The van der Waals surface area contributed by atoms with Gasteiger partial charge in [-0.1, -0.05) is 6.92 Å². The summed E-state index contributed by atoms with van der Waals surface area (Å²) in [5, 5.41) is 4.02. The highest BCUT2D eigenvalue weighted by Gasteiger charge is 2.04. The first kappa shape index (κ1) is 9.79. The van der Waals surface area contributed by atoms with E-state index < -0.39 is 0 Å². The molecule has 1 atom stereocenters. The summed E-state index contributed by atoms with van der Waals surface area (Å²) in [4.78, 5) is 8.16. The zero-order valence-corrected chi connectivity index (χ0v) is 8.54. The number of aromatic nitrogens is 4. The van der Waals surface area contributed by atoms with E-state index in [0.717, 1.165) is 17.8 Å². The van der Waals surface area contributed by atoms with Crippen LogP contribution in [0.1, 0.15) is 25.1 Å². The standard InChI is InChI=1S/C10H13N5/c1-2-9(11)10-4-3-8(5-13-10)15-7-12-6-14-15/h3-7,9H,2,11H2,1H3/t9-/m1/s1. The predicted molar refractivity (Wildman–Crippen MR) is 56.4 cm³/mol. The smallest absolute Gasteiger partial charge is 0.138 e. The molecule has 2 heterocycles. The van der Waals surface area contributed by atoms with Crippen molar-refractivity contribution in [3.63, 3.8) is 0 Å². The molecule has 0 unspecified atom stereocenters. The quantitative estimate of drug-likeness (QED) is 0.810. The average Bonchev–Trinajstić information content (AvgIpc) is 2.82. The van der Waals surface area contributed by atoms with Gasteiger partial charge in [0, 0.05) is 6.04 Å². The number of rotatable bonds is 3. The van der Waals surface area contributed by atoms with E-state index in [9.17, 15) is 0 Å². The molecule has 0 aromatic carbocycles. The first-order chi connectivity index (χ1) is 7.31. The Labute approximate surface area is 88.0 Å². The fourth-order valence-electron chi connectivity index (χ4n) is 1.30. The van der Waals surface area contributed by atoms with Crippen LogP contribution in [-0.4, -0.2) is 19.7 Å². The number of hydrogen-bond acceptors (Lipinski definition) is 4. The number of nitrogens with two attached hydrogens (primary N) is 1. The van der Waals surface area contributed by atoms with Crippen LogP contribution >= 0.6 is 0 Å². The van der Waals surface area contributed by atoms with Crippen molar-refractivity contribution in [2.75, 3.05) is 0 Å². The molecule has 0 aliphatic heterocycles. The second-order valence-corrected chi connectivity index (χ2v) is 3.30. The molecule has 5 heteroatoms. The van der Waals surface area contributed by atoms with E-state index in [1.165, 1.54) is 6.33 Å². The van der Waals surface area contributed by atoms with Crippen LogP contribution in [0.15, 0.2) is 31.0 Å². The van der Waals surface area contributed by atoms with Crippen LogP contribution in [0.5, 0.6) is 0 Å². The fourth-order valence-corrected chi connectivity index (χ4v) is 1.30. The molecule has 0 aliphatic rings. The topological polar surface area (TPSA) is 69.6 Å². The highest BCUT2D eigenvalue weighted by molar-refractivity contribution is 5.28. The Balaban J connectivity index is 2.25. The maximum Gasteiger partial charge on any atom is 0.138 e. The van der Waals surface area contributed by atoms with Crippen LogP contribution in [0.25, 0.3) is 5.69 Å². The first-order valence-electron chi connectivity index (χ1n) is 4.87. The fraction of sp³-hybridized carbons (Fsp3) is 0.300. The van der Waals surface area contributed by atoms with E-state index in [1.54, 1.807) is 17.2 Å². The summed E-state index contributed by atoms with van der Waals surface area (Å²) < 4.78 is 1.66. The molecule has 0 radical (unpaired) electrons. The largest absolute Gasteiger partial charge is 0.323 e. The van der Waals surface area contributed by atoms with E-state index in [-0.39, 0.29) is 6.04 Å². The van der Waals surface area contributed by atoms with Crippen LogP contribution in [0.2, 0.25) is 0 Å². The molecule has 0 saturated carbocycles. The zero-order chi connectivity index (χ0) is 10.7. The highest BCUT2D eigenvalue weighted by atomic mass is 15.3. The van der Waals surface area contributed by atoms with Gasteiger partial charge in [0.1, 0.15) is 12.7 Å². The third-order valence-corrected chi connectivity index (χ3v) is 2.27. The van der Waals surface area contributed by atoms with Gasteiger partial charge >= 0.3 is 0 Å². The van der Waals surface area contributed by atoms with Crippen molar-refractivity contribution in [3.8, 4) is 5.69 Å². The number of pyridine rings is 1. The van der Waals surface area contributed by atoms with E-state index in [1.807, 2.05) is 19.1 Å². The summed E-state index contributed by atoms with van der Waals surface area (Å²) in [5.41, 5.74) is 7.66. The molecule has 2 rings (SSSR count). The molecule has 2 N–H and O–H groups in total. The molecular weight excluding hydrogens is 190 g/mol. The lowest BCUT2D eigenvalue weighted by Crippen LogP contribution is -2.10. The minimum atomic E-state index is 0.00907. The van der Waals surface area contributed by atoms with Crippen molar-refractivity contribution in [3.05, 3.63) is 36.7 Å². The van der Waals surface area contributed by atoms with Crippen molar-refractivity contribution in [2.45, 2.75) is 19.4 Å². The van der Waals surface area contributed by atoms with Gasteiger partial charge < -0.3 is 5.73 Å². The summed E-state index contributed by atoms with van der Waals surface area (Å²) in [7, 11) is 0. The normalized spacial score (nSPS) is 12.7. The van der Waals surface area contributed by atoms with Crippen molar-refractivity contribution >= 4 is 0 Å². The molecular formula is C10H13N5. The Morgan fingerprint density at radius 3 is 2.87 bits per heavy atom. The van der Waals surface area contributed by atoms with Crippen LogP contribution in [-0.2, 0) is 0 Å². The summed E-state index contributed by atoms with van der Waals surface area (Å²) in [5.74, 6) is 0. The van der Waals surface area contributed by atoms with E-state index >= 15 is 0 Å². The maximum absolute atomic E-state index is 5.87. The van der Waals surface area contributed by atoms with Crippen LogP contribution in [0.4, 0.5) is 0 Å². The van der Waals surface area contributed by atoms with Crippen LogP contribution in [0.3, 0.4) is 0 Å². The second kappa shape index (κ2) is 4.18. The van der Waals surface area contributed by atoms with Gasteiger partial charge in [0.25, 0.3) is 0 Å². The second-order valence-electron chi connectivity index (χ2n) is 3.30. The minimum Gasteiger partial charge on any atom is -0.323 e. The molecule has 0 spiro atoms. The SMILES string of the molecule is CC[C@@H](N)c1ccc(-n2cncn2)cn1. The van der Waals surface area contributed by atoms with Gasteiger partial charge in [-0.15, -0.1) is 0 Å². The molecule has 0 amide bonds. The molecule has 0 aliphatic carbocycles. The van der Waals surface area contributed by atoms with Gasteiger partial charge in [-0.3, -0.25) is 4.98 Å². The number of nitrogens with zero attached hydrogens (tertiary/aromatic N) is 4. The Hall–Kier alpha value is -1.75. The van der Waals surface area contributed by atoms with Gasteiger partial charge in [0.05, 0.1) is 17.6 Å². The van der Waals surface area contributed by atoms with Crippen molar-refractivity contribution < 1.29 is 0 Å². The molecule has 78 valence electrons. The first-order valence-corrected chi connectivity index (χ1v) is 4.87. The van der Waals surface area contributed by atoms with E-state index in [0.29, 0.717) is 0 Å². The van der Waals surface area contributed by atoms with Gasteiger partial charge in [0.2, 0.25) is 0 Å². The molecule has 0 bridgehead atoms. The summed E-state index contributed by atoms with van der Waals surface area (Å²) in [6.07, 6.45) is 5.76. The van der Waals surface area contributed by atoms with Gasteiger partial charge in [0.15, 0.2) is 0 Å². The highest BCUT2D eigenvalue weighted by Crippen LogP contribution is 2.12. The Morgan fingerprint density at radius 1 is 1.47 bits per heavy atom. The average molecular weight is 203 g/mol. The zero-order valence-electron chi connectivity index (χ0n) is 8.54. The third-order valence-electron chi connectivity index (χ3n) is 2.27. The minimum absolute atomic E-state index is 0.00907. The van der Waals surface area contributed by atoms with E-state index in [2.05, 4.69) is 15.1 Å². The van der Waals surface area contributed by atoms with E-state index in [4.69, 9.17) is 5.73 Å². The van der Waals surface area contributed by atoms with Crippen molar-refractivity contribution in [2.24, 2.45) is 5.73 Å². The van der Waals surface area contributed by atoms with Crippen LogP contribution in [0, 0.1) is 0 Å². The molecule has 0 fully saturated rings. The lowest BCUT2D eigenvalue weighted by molar-refractivity contribution is 0.674. The molecule has 2 aromatic heterocycles. The Morgan fingerprint density at radius 2 is 2.33 bits per heavy atom. The monoisotopic (exact) mass is 203 g/mol. The molecule has 2 aromatic rings.